The molecule has 0 aromatic carbocycles. The molecule has 0 aliphatic carbocycles. The quantitative estimate of drug-likeness (QED) is 0.870. The first kappa shape index (κ1) is 14.3. The average Bonchev–Trinajstić information content (AvgIpc) is 3.11. The molecular weight excluding hydrogens is 286 g/mol. The van der Waals surface area contributed by atoms with Crippen molar-refractivity contribution in [1.82, 2.24) is 14.7 Å². The first-order chi connectivity index (χ1) is 10.2. The van der Waals surface area contributed by atoms with E-state index >= 15 is 0 Å². The van der Waals surface area contributed by atoms with Gasteiger partial charge in [-0.2, -0.15) is 5.10 Å². The highest BCUT2D eigenvalue weighted by Crippen LogP contribution is 2.29. The third-order valence-corrected chi connectivity index (χ3v) is 4.56. The van der Waals surface area contributed by atoms with E-state index in [0.717, 1.165) is 10.6 Å². The van der Waals surface area contributed by atoms with Gasteiger partial charge in [0, 0.05) is 37.9 Å². The van der Waals surface area contributed by atoms with Crippen LogP contribution in [0.25, 0.3) is 0 Å². The molecule has 0 bridgehead atoms. The molecule has 3 rings (SSSR count). The van der Waals surface area contributed by atoms with Crippen molar-refractivity contribution in [2.75, 3.05) is 19.8 Å². The van der Waals surface area contributed by atoms with Crippen molar-refractivity contribution >= 4 is 17.2 Å². The van der Waals surface area contributed by atoms with Crippen molar-refractivity contribution in [2.24, 2.45) is 7.05 Å². The minimum atomic E-state index is 0.0859. The van der Waals surface area contributed by atoms with E-state index in [2.05, 4.69) is 5.10 Å². The van der Waals surface area contributed by atoms with Gasteiger partial charge in [-0.3, -0.25) is 9.48 Å². The van der Waals surface area contributed by atoms with Gasteiger partial charge in [0.25, 0.3) is 5.91 Å². The molecule has 0 radical (unpaired) electrons. The Morgan fingerprint density at radius 3 is 3.14 bits per heavy atom. The number of aromatic nitrogens is 2. The highest BCUT2D eigenvalue weighted by Gasteiger charge is 2.31. The zero-order valence-electron chi connectivity index (χ0n) is 12.3. The lowest BCUT2D eigenvalue weighted by atomic mass is 9.95. The number of rotatable bonds is 4. The number of thiophene rings is 1. The van der Waals surface area contributed by atoms with Crippen LogP contribution >= 0.6 is 11.3 Å². The number of ether oxygens (including phenoxy) is 1. The van der Waals surface area contributed by atoms with E-state index < -0.39 is 0 Å². The summed E-state index contributed by atoms with van der Waals surface area (Å²) >= 11 is 1.48. The first-order valence-electron chi connectivity index (χ1n) is 7.12. The zero-order valence-corrected chi connectivity index (χ0v) is 13.1. The average molecular weight is 305 g/mol. The third-order valence-electron chi connectivity index (χ3n) is 3.70. The minimum absolute atomic E-state index is 0.0859. The van der Waals surface area contributed by atoms with Crippen LogP contribution in [0.1, 0.15) is 33.8 Å². The molecule has 0 fully saturated rings. The van der Waals surface area contributed by atoms with Crippen molar-refractivity contribution in [1.29, 1.82) is 0 Å². The fourth-order valence-electron chi connectivity index (χ4n) is 2.74. The summed E-state index contributed by atoms with van der Waals surface area (Å²) in [5.41, 5.74) is 2.19. The van der Waals surface area contributed by atoms with Gasteiger partial charge < -0.3 is 9.64 Å². The molecular formula is C15H19N3O2S. The number of nitrogens with zero attached hydrogens (tertiary/aromatic N) is 3. The van der Waals surface area contributed by atoms with Crippen molar-refractivity contribution in [3.8, 4) is 0 Å². The lowest BCUT2D eigenvalue weighted by molar-refractivity contribution is 0.0656. The van der Waals surface area contributed by atoms with Crippen LogP contribution in [0.2, 0.25) is 0 Å². The second-order valence-electron chi connectivity index (χ2n) is 5.22. The van der Waals surface area contributed by atoms with Gasteiger partial charge in [-0.15, -0.1) is 11.3 Å². The predicted molar refractivity (Wildman–Crippen MR) is 81.5 cm³/mol. The van der Waals surface area contributed by atoms with Gasteiger partial charge in [0.1, 0.15) is 0 Å². The summed E-state index contributed by atoms with van der Waals surface area (Å²) in [6, 6.07) is 3.78. The highest BCUT2D eigenvalue weighted by molar-refractivity contribution is 7.12. The number of hydrogen-bond acceptors (Lipinski definition) is 4. The molecule has 0 unspecified atom stereocenters. The summed E-state index contributed by atoms with van der Waals surface area (Å²) in [6.07, 6.45) is 2.05. The van der Waals surface area contributed by atoms with Crippen molar-refractivity contribution < 1.29 is 9.53 Å². The van der Waals surface area contributed by atoms with Crippen molar-refractivity contribution in [3.63, 3.8) is 0 Å². The summed E-state index contributed by atoms with van der Waals surface area (Å²) in [6.45, 7) is 4.57. The number of carbonyl (C=O) groups excluding carboxylic acids is 1. The Morgan fingerprint density at radius 2 is 2.43 bits per heavy atom. The summed E-state index contributed by atoms with van der Waals surface area (Å²) in [5.74, 6) is 0.286. The zero-order chi connectivity index (χ0) is 14.8. The SMILES string of the molecule is CCOC[C@H]1CN(C(=O)c2cccs2)Cc2nn(C)cc21. The first-order valence-corrected chi connectivity index (χ1v) is 8.00. The Balaban J connectivity index is 1.84. The largest absolute Gasteiger partial charge is 0.381 e. The molecule has 1 amide bonds. The van der Waals surface area contributed by atoms with Crippen molar-refractivity contribution in [2.45, 2.75) is 19.4 Å². The fraction of sp³-hybridized carbons (Fsp3) is 0.467. The van der Waals surface area contributed by atoms with E-state index in [9.17, 15) is 4.79 Å². The van der Waals surface area contributed by atoms with E-state index in [0.29, 0.717) is 26.3 Å². The molecule has 1 atom stereocenters. The van der Waals surface area contributed by atoms with Gasteiger partial charge in [-0.1, -0.05) is 6.07 Å². The highest BCUT2D eigenvalue weighted by atomic mass is 32.1. The maximum atomic E-state index is 12.6. The van der Waals surface area contributed by atoms with Crippen LogP contribution in [-0.2, 0) is 18.3 Å². The maximum Gasteiger partial charge on any atom is 0.264 e. The molecule has 6 heteroatoms. The van der Waals surface area contributed by atoms with Gasteiger partial charge >= 0.3 is 0 Å². The Hall–Kier alpha value is -1.66. The van der Waals surface area contributed by atoms with Crippen LogP contribution < -0.4 is 0 Å². The van der Waals surface area contributed by atoms with Gasteiger partial charge in [0.05, 0.1) is 23.7 Å². The lowest BCUT2D eigenvalue weighted by Crippen LogP contribution is -2.39. The topological polar surface area (TPSA) is 47.4 Å². The molecule has 5 nitrogen and oxygen atoms in total. The Bertz CT molecular complexity index is 621. The van der Waals surface area contributed by atoms with Gasteiger partial charge in [0.15, 0.2) is 0 Å². The van der Waals surface area contributed by atoms with E-state index in [-0.39, 0.29) is 11.8 Å². The Morgan fingerprint density at radius 1 is 1.57 bits per heavy atom. The summed E-state index contributed by atoms with van der Waals surface area (Å²) in [7, 11) is 1.92. The van der Waals surface area contributed by atoms with E-state index in [1.54, 1.807) is 0 Å². The van der Waals surface area contributed by atoms with E-state index in [1.807, 2.05) is 47.3 Å². The smallest absolute Gasteiger partial charge is 0.264 e. The molecule has 0 spiro atoms. The number of hydrogen-bond donors (Lipinski definition) is 0. The van der Waals surface area contributed by atoms with Crippen LogP contribution in [0.3, 0.4) is 0 Å². The normalized spacial score (nSPS) is 17.8. The van der Waals surface area contributed by atoms with Crippen LogP contribution in [0.4, 0.5) is 0 Å². The Kier molecular flexibility index (Phi) is 4.07. The van der Waals surface area contributed by atoms with Gasteiger partial charge in [0.2, 0.25) is 0 Å². The third kappa shape index (κ3) is 2.87. The van der Waals surface area contributed by atoms with Gasteiger partial charge in [-0.05, 0) is 18.4 Å². The molecule has 0 N–H and O–H groups in total. The molecule has 0 saturated carbocycles. The number of fused-ring (bicyclic) bond motifs is 1. The molecule has 1 aliphatic heterocycles. The molecule has 3 heterocycles. The van der Waals surface area contributed by atoms with Crippen molar-refractivity contribution in [3.05, 3.63) is 39.8 Å². The molecule has 21 heavy (non-hydrogen) atoms. The van der Waals surface area contributed by atoms with Crippen LogP contribution in [-0.4, -0.2) is 40.3 Å². The second-order valence-corrected chi connectivity index (χ2v) is 6.17. The lowest BCUT2D eigenvalue weighted by Gasteiger charge is -2.31. The standard InChI is InChI=1S/C15H19N3O2S/c1-3-20-10-11-7-18(15(19)14-5-4-6-21-14)9-13-12(11)8-17(2)16-13/h4-6,8,11H,3,7,9-10H2,1-2H3/t11-/m1/s1. The molecule has 1 aliphatic rings. The Labute approximate surface area is 128 Å². The molecule has 0 saturated heterocycles. The summed E-state index contributed by atoms with van der Waals surface area (Å²) in [4.78, 5) is 15.2. The van der Waals surface area contributed by atoms with Crippen LogP contribution in [0, 0.1) is 0 Å². The summed E-state index contributed by atoms with van der Waals surface area (Å²) < 4.78 is 7.41. The van der Waals surface area contributed by atoms with Crippen LogP contribution in [0.15, 0.2) is 23.7 Å². The van der Waals surface area contributed by atoms with Crippen LogP contribution in [0.5, 0.6) is 0 Å². The number of carbonyl (C=O) groups is 1. The number of aryl methyl sites for hydroxylation is 1. The van der Waals surface area contributed by atoms with E-state index in [1.165, 1.54) is 16.9 Å². The molecule has 2 aromatic rings. The molecule has 2 aromatic heterocycles. The number of amides is 1. The maximum absolute atomic E-state index is 12.6. The van der Waals surface area contributed by atoms with E-state index in [4.69, 9.17) is 4.74 Å². The van der Waals surface area contributed by atoms with Gasteiger partial charge in [-0.25, -0.2) is 0 Å². The monoisotopic (exact) mass is 305 g/mol. The fourth-order valence-corrected chi connectivity index (χ4v) is 3.43. The molecule has 112 valence electrons. The second kappa shape index (κ2) is 5.99. The minimum Gasteiger partial charge on any atom is -0.381 e. The predicted octanol–water partition coefficient (Wildman–Crippen LogP) is 2.26. The summed E-state index contributed by atoms with van der Waals surface area (Å²) in [5, 5.41) is 6.43.